The summed E-state index contributed by atoms with van der Waals surface area (Å²) < 4.78 is 5.24. The Morgan fingerprint density at radius 1 is 1.43 bits per heavy atom. The molecule has 5 rings (SSSR count). The Hall–Kier alpha value is -1.27. The molecule has 4 saturated carbocycles. The average Bonchev–Trinajstić information content (AvgIpc) is 3.12. The van der Waals surface area contributed by atoms with Crippen molar-refractivity contribution in [3.05, 3.63) is 24.3 Å². The number of aliphatic hydroxyl groups is 1. The molecule has 1 spiro atoms. The molecule has 4 bridgehead atoms. The topological polar surface area (TPSA) is 80.7 Å². The third-order valence-electron chi connectivity index (χ3n) is 9.25. The second-order valence-corrected chi connectivity index (χ2v) is 10.4. The first-order valence-corrected chi connectivity index (χ1v) is 11.1. The molecule has 0 aromatic rings. The second-order valence-electron chi connectivity index (χ2n) is 9.83. The number of alkyl halides is 1. The van der Waals surface area contributed by atoms with Crippen molar-refractivity contribution >= 4 is 33.5 Å². The van der Waals surface area contributed by atoms with Crippen molar-refractivity contribution in [2.24, 2.45) is 39.4 Å². The molecule has 0 aromatic carbocycles. The molecular formula is C22H25BrO5. The van der Waals surface area contributed by atoms with Gasteiger partial charge in [0.25, 0.3) is 0 Å². The molecule has 0 amide bonds. The molecule has 0 aliphatic heterocycles. The smallest absolute Gasteiger partial charge is 0.309 e. The molecule has 0 radical (unpaired) electrons. The normalized spacial score (nSPS) is 53.4. The van der Waals surface area contributed by atoms with Crippen molar-refractivity contribution in [2.75, 3.05) is 12.4 Å². The minimum Gasteiger partial charge on any atom is -0.469 e. The molecule has 0 saturated heterocycles. The summed E-state index contributed by atoms with van der Waals surface area (Å²) in [5.41, 5.74) is -2.10. The number of methoxy groups -OCH3 is 1. The number of hydrogen-bond acceptors (Lipinski definition) is 5. The number of allylic oxidation sites excluding steroid dienone is 2. The van der Waals surface area contributed by atoms with E-state index in [0.717, 1.165) is 12.8 Å². The van der Waals surface area contributed by atoms with E-state index in [1.165, 1.54) is 7.11 Å². The van der Waals surface area contributed by atoms with Gasteiger partial charge in [0, 0.05) is 28.5 Å². The number of rotatable bonds is 2. The van der Waals surface area contributed by atoms with Crippen LogP contribution < -0.4 is 0 Å². The summed E-state index contributed by atoms with van der Waals surface area (Å²) in [6.45, 7) is 6.00. The van der Waals surface area contributed by atoms with Gasteiger partial charge in [0.2, 0.25) is 0 Å². The van der Waals surface area contributed by atoms with Crippen LogP contribution in [0.25, 0.3) is 0 Å². The molecule has 6 heteroatoms. The number of aliphatic hydroxyl groups excluding tert-OH is 1. The highest BCUT2D eigenvalue weighted by atomic mass is 79.9. The summed E-state index contributed by atoms with van der Waals surface area (Å²) in [5, 5.41) is 11.7. The summed E-state index contributed by atoms with van der Waals surface area (Å²) in [6, 6.07) is 0. The van der Waals surface area contributed by atoms with Crippen LogP contribution in [-0.2, 0) is 19.1 Å². The number of hydrogen-bond donors (Lipinski definition) is 1. The first-order valence-electron chi connectivity index (χ1n) is 9.94. The standard InChI is InChI=1S/C22H25BrO5/c1-11-17(26)19(2)13(24)5-7-22(11)12-4-6-20(10-23)9-21(12,8-14(20)25)15(16(19)22)18(27)28-3/h5,7,12,15-17,26H,1,4,6,8-10H2,2-3H3/t12-,15-,16-,17?,19-,20+,21-,22-/m1/s1. The molecule has 5 aliphatic rings. The molecular weight excluding hydrogens is 424 g/mol. The molecule has 0 heterocycles. The summed E-state index contributed by atoms with van der Waals surface area (Å²) in [4.78, 5) is 39.4. The van der Waals surface area contributed by atoms with E-state index in [1.807, 2.05) is 6.08 Å². The van der Waals surface area contributed by atoms with E-state index in [-0.39, 0.29) is 23.5 Å². The van der Waals surface area contributed by atoms with Gasteiger partial charge >= 0.3 is 5.97 Å². The molecule has 0 aromatic heterocycles. The van der Waals surface area contributed by atoms with Gasteiger partial charge in [0.15, 0.2) is 5.78 Å². The van der Waals surface area contributed by atoms with Gasteiger partial charge in [0.1, 0.15) is 5.78 Å². The van der Waals surface area contributed by atoms with Gasteiger partial charge in [-0.25, -0.2) is 0 Å². The van der Waals surface area contributed by atoms with Gasteiger partial charge in [-0.1, -0.05) is 28.6 Å². The molecule has 5 nitrogen and oxygen atoms in total. The van der Waals surface area contributed by atoms with Crippen LogP contribution in [0.2, 0.25) is 0 Å². The Labute approximate surface area is 172 Å². The number of carbonyl (C=O) groups excluding carboxylic acids is 3. The summed E-state index contributed by atoms with van der Waals surface area (Å²) >= 11 is 3.56. The van der Waals surface area contributed by atoms with Crippen LogP contribution in [0.4, 0.5) is 0 Å². The van der Waals surface area contributed by atoms with Crippen LogP contribution in [0.1, 0.15) is 32.6 Å². The van der Waals surface area contributed by atoms with E-state index in [4.69, 9.17) is 4.74 Å². The van der Waals surface area contributed by atoms with E-state index in [9.17, 15) is 19.5 Å². The van der Waals surface area contributed by atoms with Crippen LogP contribution in [0.3, 0.4) is 0 Å². The Kier molecular flexibility index (Phi) is 3.52. The van der Waals surface area contributed by atoms with Gasteiger partial charge in [-0.05, 0) is 49.2 Å². The second kappa shape index (κ2) is 5.25. The molecule has 5 aliphatic carbocycles. The SMILES string of the molecule is C=C1C(O)[C@]2(C)C(=O)C=C[C@]13[C@@H]1CC[C@@]4(CBr)C[C@@]1(CC4=O)[C@@H](C(=O)OC)[C@@H]32. The van der Waals surface area contributed by atoms with Crippen molar-refractivity contribution < 1.29 is 24.2 Å². The fourth-order valence-corrected chi connectivity index (χ4v) is 8.96. The van der Waals surface area contributed by atoms with E-state index < -0.39 is 39.6 Å². The third kappa shape index (κ3) is 1.62. The van der Waals surface area contributed by atoms with E-state index >= 15 is 0 Å². The largest absolute Gasteiger partial charge is 0.469 e. The first kappa shape index (κ1) is 18.7. The summed E-state index contributed by atoms with van der Waals surface area (Å²) in [5.74, 6) is -1.35. The number of fused-ring (bicyclic) bond motifs is 1. The number of ketones is 2. The van der Waals surface area contributed by atoms with Gasteiger partial charge in [0.05, 0.1) is 24.5 Å². The highest BCUT2D eigenvalue weighted by Crippen LogP contribution is 2.82. The minimum atomic E-state index is -1.11. The number of ether oxygens (including phenoxy) is 1. The minimum absolute atomic E-state index is 0.000972. The van der Waals surface area contributed by atoms with E-state index in [2.05, 4.69) is 22.5 Å². The Morgan fingerprint density at radius 3 is 2.79 bits per heavy atom. The van der Waals surface area contributed by atoms with Crippen molar-refractivity contribution in [2.45, 2.75) is 38.7 Å². The van der Waals surface area contributed by atoms with Crippen molar-refractivity contribution in [1.82, 2.24) is 0 Å². The van der Waals surface area contributed by atoms with E-state index in [0.29, 0.717) is 23.7 Å². The highest BCUT2D eigenvalue weighted by molar-refractivity contribution is 9.09. The monoisotopic (exact) mass is 448 g/mol. The van der Waals surface area contributed by atoms with Crippen LogP contribution in [-0.4, -0.2) is 41.2 Å². The zero-order valence-corrected chi connectivity index (χ0v) is 17.8. The van der Waals surface area contributed by atoms with Crippen molar-refractivity contribution in [3.8, 4) is 0 Å². The fourth-order valence-electron chi connectivity index (χ4n) is 8.16. The molecule has 1 N–H and O–H groups in total. The lowest BCUT2D eigenvalue weighted by Gasteiger charge is -2.46. The van der Waals surface area contributed by atoms with Gasteiger partial charge in [-0.2, -0.15) is 0 Å². The van der Waals surface area contributed by atoms with Crippen LogP contribution in [0.15, 0.2) is 24.3 Å². The quantitative estimate of drug-likeness (QED) is 0.398. The third-order valence-corrected chi connectivity index (χ3v) is 10.3. The Bertz CT molecular complexity index is 878. The number of halogens is 1. The lowest BCUT2D eigenvalue weighted by atomic mass is 9.57. The molecule has 4 fully saturated rings. The molecule has 150 valence electrons. The zero-order valence-electron chi connectivity index (χ0n) is 16.2. The number of esters is 1. The Balaban J connectivity index is 1.80. The molecule has 1 unspecified atom stereocenters. The maximum atomic E-state index is 13.2. The predicted molar refractivity (Wildman–Crippen MR) is 104 cm³/mol. The van der Waals surface area contributed by atoms with E-state index in [1.54, 1.807) is 13.0 Å². The lowest BCUT2D eigenvalue weighted by molar-refractivity contribution is -0.157. The van der Waals surface area contributed by atoms with Crippen LogP contribution >= 0.6 is 15.9 Å². The maximum Gasteiger partial charge on any atom is 0.309 e. The maximum absolute atomic E-state index is 13.2. The first-order chi connectivity index (χ1) is 13.2. The van der Waals surface area contributed by atoms with Crippen LogP contribution in [0, 0.1) is 39.4 Å². The van der Waals surface area contributed by atoms with Crippen molar-refractivity contribution in [3.63, 3.8) is 0 Å². The zero-order chi connectivity index (χ0) is 20.3. The fraction of sp³-hybridized carbons (Fsp3) is 0.682. The lowest BCUT2D eigenvalue weighted by Crippen LogP contribution is -2.49. The number of Topliss-reactive ketones (excluding diaryl/α,β-unsaturated/α-hetero) is 1. The average molecular weight is 449 g/mol. The summed E-state index contributed by atoms with van der Waals surface area (Å²) in [7, 11) is 1.37. The van der Waals surface area contributed by atoms with Crippen molar-refractivity contribution in [1.29, 1.82) is 0 Å². The predicted octanol–water partition coefficient (Wildman–Crippen LogP) is 2.61. The van der Waals surface area contributed by atoms with Gasteiger partial charge in [-0.15, -0.1) is 0 Å². The Morgan fingerprint density at radius 2 is 2.14 bits per heavy atom. The number of carbonyl (C=O) groups is 3. The molecule has 8 atom stereocenters. The van der Waals surface area contributed by atoms with Gasteiger partial charge in [-0.3, -0.25) is 14.4 Å². The van der Waals surface area contributed by atoms with Crippen LogP contribution in [0.5, 0.6) is 0 Å². The molecule has 28 heavy (non-hydrogen) atoms. The van der Waals surface area contributed by atoms with Gasteiger partial charge < -0.3 is 9.84 Å². The highest BCUT2D eigenvalue weighted by Gasteiger charge is 2.83. The summed E-state index contributed by atoms with van der Waals surface area (Å²) in [6.07, 6.45) is 4.99.